The largest absolute Gasteiger partial charge is 0.477 e. The van der Waals surface area contributed by atoms with Crippen molar-refractivity contribution in [3.63, 3.8) is 0 Å². The van der Waals surface area contributed by atoms with Gasteiger partial charge in [-0.25, -0.2) is 9.78 Å². The number of aromatic nitrogens is 1. The summed E-state index contributed by atoms with van der Waals surface area (Å²) in [6.45, 7) is 2.01. The average molecular weight is 194 g/mol. The van der Waals surface area contributed by atoms with Crippen LogP contribution in [0.3, 0.4) is 0 Å². The Hall–Kier alpha value is -1.42. The van der Waals surface area contributed by atoms with Gasteiger partial charge in [0.15, 0.2) is 5.69 Å². The molecule has 0 amide bonds. The van der Waals surface area contributed by atoms with Crippen molar-refractivity contribution in [1.82, 2.24) is 4.98 Å². The minimum Gasteiger partial charge on any atom is -0.477 e. The summed E-state index contributed by atoms with van der Waals surface area (Å²) in [5.41, 5.74) is 6.52. The minimum atomic E-state index is -1.02. The van der Waals surface area contributed by atoms with Crippen LogP contribution in [0.15, 0.2) is 18.3 Å². The molecule has 0 fully saturated rings. The molecule has 3 N–H and O–H groups in total. The van der Waals surface area contributed by atoms with E-state index in [4.69, 9.17) is 10.8 Å². The molecule has 1 aromatic heterocycles. The monoisotopic (exact) mass is 194 g/mol. The lowest BCUT2D eigenvalue weighted by Crippen LogP contribution is -2.15. The van der Waals surface area contributed by atoms with Gasteiger partial charge in [-0.15, -0.1) is 0 Å². The number of hydrogen-bond donors (Lipinski definition) is 2. The first-order valence-electron chi connectivity index (χ1n) is 4.60. The Morgan fingerprint density at radius 1 is 1.71 bits per heavy atom. The number of rotatable bonds is 4. The molecule has 0 aromatic carbocycles. The molecule has 0 aliphatic carbocycles. The van der Waals surface area contributed by atoms with E-state index in [-0.39, 0.29) is 11.7 Å². The van der Waals surface area contributed by atoms with Crippen molar-refractivity contribution < 1.29 is 9.90 Å². The van der Waals surface area contributed by atoms with Crippen LogP contribution in [0.25, 0.3) is 0 Å². The van der Waals surface area contributed by atoms with Crippen LogP contribution in [0.4, 0.5) is 0 Å². The van der Waals surface area contributed by atoms with Crippen LogP contribution in [0, 0.1) is 0 Å². The molecule has 0 aliphatic rings. The Balaban J connectivity index is 3.00. The van der Waals surface area contributed by atoms with Crippen LogP contribution in [-0.2, 0) is 0 Å². The molecular formula is C10H14N2O2. The van der Waals surface area contributed by atoms with E-state index >= 15 is 0 Å². The van der Waals surface area contributed by atoms with Crippen LogP contribution in [0.5, 0.6) is 0 Å². The van der Waals surface area contributed by atoms with Gasteiger partial charge < -0.3 is 10.8 Å². The fourth-order valence-corrected chi connectivity index (χ4v) is 1.36. The van der Waals surface area contributed by atoms with Gasteiger partial charge in [0, 0.05) is 17.8 Å². The van der Waals surface area contributed by atoms with Crippen LogP contribution in [-0.4, -0.2) is 16.1 Å². The number of carbonyl (C=O) groups is 1. The summed E-state index contributed by atoms with van der Waals surface area (Å²) in [5, 5.41) is 8.86. The third-order valence-electron chi connectivity index (χ3n) is 2.04. The first kappa shape index (κ1) is 10.7. The van der Waals surface area contributed by atoms with Gasteiger partial charge in [0.1, 0.15) is 0 Å². The van der Waals surface area contributed by atoms with E-state index in [0.717, 1.165) is 12.8 Å². The lowest BCUT2D eigenvalue weighted by atomic mass is 10.0. The summed E-state index contributed by atoms with van der Waals surface area (Å²) in [7, 11) is 0. The number of carboxylic acid groups (broad SMARTS) is 1. The van der Waals surface area contributed by atoms with Crippen LogP contribution < -0.4 is 5.73 Å². The normalized spacial score (nSPS) is 12.4. The number of nitrogens with two attached hydrogens (primary N) is 1. The maximum Gasteiger partial charge on any atom is 0.354 e. The van der Waals surface area contributed by atoms with Gasteiger partial charge in [0.2, 0.25) is 0 Å². The fourth-order valence-electron chi connectivity index (χ4n) is 1.36. The summed E-state index contributed by atoms with van der Waals surface area (Å²) in [4.78, 5) is 14.6. The zero-order valence-electron chi connectivity index (χ0n) is 8.10. The second-order valence-corrected chi connectivity index (χ2v) is 3.14. The standard InChI is InChI=1S/C10H14N2O2/c1-2-4-8(11)7-5-3-6-12-9(7)10(13)14/h3,5-6,8H,2,4,11H2,1H3,(H,13,14). The van der Waals surface area contributed by atoms with Gasteiger partial charge >= 0.3 is 5.97 Å². The van der Waals surface area contributed by atoms with Gasteiger partial charge in [-0.05, 0) is 12.5 Å². The Morgan fingerprint density at radius 3 is 3.00 bits per heavy atom. The quantitative estimate of drug-likeness (QED) is 0.762. The average Bonchev–Trinajstić information content (AvgIpc) is 2.18. The van der Waals surface area contributed by atoms with Gasteiger partial charge in [-0.2, -0.15) is 0 Å². The van der Waals surface area contributed by atoms with E-state index in [0.29, 0.717) is 5.56 Å². The molecule has 1 aromatic rings. The van der Waals surface area contributed by atoms with E-state index in [1.807, 2.05) is 6.92 Å². The van der Waals surface area contributed by atoms with Gasteiger partial charge in [-0.3, -0.25) is 0 Å². The SMILES string of the molecule is CCCC(N)c1cccnc1C(=O)O. The zero-order chi connectivity index (χ0) is 10.6. The molecule has 0 saturated carbocycles. The smallest absolute Gasteiger partial charge is 0.354 e. The molecule has 0 saturated heterocycles. The Kier molecular flexibility index (Phi) is 3.59. The molecule has 4 nitrogen and oxygen atoms in total. The molecule has 0 aliphatic heterocycles. The Morgan fingerprint density at radius 2 is 2.43 bits per heavy atom. The number of carboxylic acids is 1. The number of hydrogen-bond acceptors (Lipinski definition) is 3. The van der Waals surface area contributed by atoms with Crippen LogP contribution in [0.1, 0.15) is 41.9 Å². The summed E-state index contributed by atoms with van der Waals surface area (Å²) in [6.07, 6.45) is 3.16. The molecule has 1 unspecified atom stereocenters. The first-order valence-corrected chi connectivity index (χ1v) is 4.60. The first-order chi connectivity index (χ1) is 6.66. The summed E-state index contributed by atoms with van der Waals surface area (Å²) in [6, 6.07) is 3.19. The summed E-state index contributed by atoms with van der Waals surface area (Å²) >= 11 is 0. The maximum atomic E-state index is 10.8. The molecular weight excluding hydrogens is 180 g/mol. The van der Waals surface area contributed by atoms with Crippen molar-refractivity contribution in [2.24, 2.45) is 5.73 Å². The van der Waals surface area contributed by atoms with E-state index in [1.54, 1.807) is 12.1 Å². The fraction of sp³-hybridized carbons (Fsp3) is 0.400. The Bertz CT molecular complexity index is 326. The highest BCUT2D eigenvalue weighted by molar-refractivity contribution is 5.87. The van der Waals surface area contributed by atoms with E-state index in [2.05, 4.69) is 4.98 Å². The molecule has 14 heavy (non-hydrogen) atoms. The molecule has 1 atom stereocenters. The van der Waals surface area contributed by atoms with E-state index in [1.165, 1.54) is 6.20 Å². The third-order valence-corrected chi connectivity index (χ3v) is 2.04. The van der Waals surface area contributed by atoms with Crippen molar-refractivity contribution in [3.05, 3.63) is 29.6 Å². The molecule has 4 heteroatoms. The predicted molar refractivity (Wildman–Crippen MR) is 53.0 cm³/mol. The number of aromatic carboxylic acids is 1. The number of nitrogens with zero attached hydrogens (tertiary/aromatic N) is 1. The number of pyridine rings is 1. The minimum absolute atomic E-state index is 0.0634. The van der Waals surface area contributed by atoms with Crippen LogP contribution >= 0.6 is 0 Å². The molecule has 0 radical (unpaired) electrons. The van der Waals surface area contributed by atoms with Crippen molar-refractivity contribution >= 4 is 5.97 Å². The van der Waals surface area contributed by atoms with E-state index in [9.17, 15) is 4.79 Å². The zero-order valence-corrected chi connectivity index (χ0v) is 8.10. The van der Waals surface area contributed by atoms with E-state index < -0.39 is 5.97 Å². The molecule has 0 spiro atoms. The molecule has 1 heterocycles. The van der Waals surface area contributed by atoms with Gasteiger partial charge in [-0.1, -0.05) is 19.4 Å². The second-order valence-electron chi connectivity index (χ2n) is 3.14. The highest BCUT2D eigenvalue weighted by Crippen LogP contribution is 2.18. The molecule has 76 valence electrons. The highest BCUT2D eigenvalue weighted by atomic mass is 16.4. The van der Waals surface area contributed by atoms with Gasteiger partial charge in [0.05, 0.1) is 0 Å². The van der Waals surface area contributed by atoms with Crippen molar-refractivity contribution in [3.8, 4) is 0 Å². The summed E-state index contributed by atoms with van der Waals surface area (Å²) < 4.78 is 0. The maximum absolute atomic E-state index is 10.8. The second kappa shape index (κ2) is 4.72. The topological polar surface area (TPSA) is 76.2 Å². The molecule has 0 bridgehead atoms. The predicted octanol–water partition coefficient (Wildman–Crippen LogP) is 1.58. The van der Waals surface area contributed by atoms with Gasteiger partial charge in [0.25, 0.3) is 0 Å². The Labute approximate surface area is 82.8 Å². The lowest BCUT2D eigenvalue weighted by Gasteiger charge is -2.12. The summed E-state index contributed by atoms with van der Waals surface area (Å²) in [5.74, 6) is -1.02. The van der Waals surface area contributed by atoms with Crippen molar-refractivity contribution in [1.29, 1.82) is 0 Å². The molecule has 1 rings (SSSR count). The lowest BCUT2D eigenvalue weighted by molar-refractivity contribution is 0.0688. The highest BCUT2D eigenvalue weighted by Gasteiger charge is 2.15. The third kappa shape index (κ3) is 2.29. The van der Waals surface area contributed by atoms with Crippen molar-refractivity contribution in [2.75, 3.05) is 0 Å². The van der Waals surface area contributed by atoms with Crippen LogP contribution in [0.2, 0.25) is 0 Å². The van der Waals surface area contributed by atoms with Crippen molar-refractivity contribution in [2.45, 2.75) is 25.8 Å².